The number of rotatable bonds is 6. The van der Waals surface area contributed by atoms with E-state index in [4.69, 9.17) is 9.47 Å². The van der Waals surface area contributed by atoms with Crippen molar-refractivity contribution >= 4 is 10.8 Å². The van der Waals surface area contributed by atoms with E-state index in [2.05, 4.69) is 6.92 Å². The number of benzene rings is 3. The molecule has 0 aliphatic carbocycles. The van der Waals surface area contributed by atoms with Crippen molar-refractivity contribution in [1.29, 1.82) is 0 Å². The smallest absolute Gasteiger partial charge is 0.348 e. The van der Waals surface area contributed by atoms with E-state index < -0.39 is 40.9 Å². The van der Waals surface area contributed by atoms with Gasteiger partial charge in [-0.15, -0.1) is 0 Å². The lowest BCUT2D eigenvalue weighted by atomic mass is 9.97. The molecule has 0 saturated carbocycles. The molecular weight excluding hydrogens is 482 g/mol. The van der Waals surface area contributed by atoms with Gasteiger partial charge in [0.05, 0.1) is 24.2 Å². The topological polar surface area (TPSA) is 18.5 Å². The molecule has 1 saturated heterocycles. The van der Waals surface area contributed by atoms with E-state index in [-0.39, 0.29) is 5.39 Å². The average Bonchev–Trinajstić information content (AvgIpc) is 2.83. The second kappa shape index (κ2) is 10.9. The zero-order valence-electron chi connectivity index (χ0n) is 19.5. The van der Waals surface area contributed by atoms with Crippen LogP contribution in [0, 0.1) is 35.2 Å². The van der Waals surface area contributed by atoms with Crippen molar-refractivity contribution in [3.8, 4) is 23.0 Å². The Labute approximate surface area is 205 Å². The van der Waals surface area contributed by atoms with Crippen LogP contribution in [0.2, 0.25) is 0 Å². The first kappa shape index (κ1) is 26.1. The van der Waals surface area contributed by atoms with E-state index in [1.54, 1.807) is 24.3 Å². The summed E-state index contributed by atoms with van der Waals surface area (Å²) in [6, 6.07) is 10.2. The normalized spacial score (nSPS) is 18.2. The van der Waals surface area contributed by atoms with E-state index in [9.17, 15) is 26.3 Å². The summed E-state index contributed by atoms with van der Waals surface area (Å²) in [4.78, 5) is 0. The molecule has 0 spiro atoms. The zero-order valence-corrected chi connectivity index (χ0v) is 19.5. The van der Waals surface area contributed by atoms with Gasteiger partial charge in [0.1, 0.15) is 11.6 Å². The Morgan fingerprint density at radius 1 is 0.889 bits per heavy atom. The van der Waals surface area contributed by atoms with Crippen molar-refractivity contribution in [3.63, 3.8) is 0 Å². The summed E-state index contributed by atoms with van der Waals surface area (Å²) in [5, 5.41) is -0.754. The van der Waals surface area contributed by atoms with Crippen LogP contribution >= 0.6 is 0 Å². The maximum Gasteiger partial charge on any atom is 0.458 e. The minimum absolute atomic E-state index is 0.130. The molecular formula is C28H24F6O2. The van der Waals surface area contributed by atoms with Crippen LogP contribution in [0.25, 0.3) is 21.9 Å². The fraction of sp³-hybridized carbons (Fsp3) is 0.357. The molecule has 1 aliphatic heterocycles. The summed E-state index contributed by atoms with van der Waals surface area (Å²) >= 11 is 0. The van der Waals surface area contributed by atoms with Gasteiger partial charge in [-0.3, -0.25) is 0 Å². The summed E-state index contributed by atoms with van der Waals surface area (Å²) in [5.74, 6) is -1.20. The lowest BCUT2D eigenvalue weighted by Gasteiger charge is -2.29. The Kier molecular flexibility index (Phi) is 7.91. The van der Waals surface area contributed by atoms with E-state index in [1.807, 2.05) is 0 Å². The third kappa shape index (κ3) is 6.03. The van der Waals surface area contributed by atoms with Crippen molar-refractivity contribution in [2.45, 2.75) is 45.1 Å². The van der Waals surface area contributed by atoms with E-state index in [0.717, 1.165) is 42.9 Å². The Morgan fingerprint density at radius 3 is 2.22 bits per heavy atom. The van der Waals surface area contributed by atoms with Crippen molar-refractivity contribution in [2.24, 2.45) is 5.92 Å². The quantitative estimate of drug-likeness (QED) is 0.191. The molecule has 0 radical (unpaired) electrons. The Bertz CT molecular complexity index is 1280. The van der Waals surface area contributed by atoms with Gasteiger partial charge in [0, 0.05) is 17.4 Å². The SMILES string of the molecule is CCCCCC1COC(c2ccc(-c3cc(F)c4c(F)c(C#CC(F)(F)F)c(F)cc4c3)cc2)OC1. The highest BCUT2D eigenvalue weighted by atomic mass is 19.4. The maximum atomic E-state index is 14.8. The molecule has 0 bridgehead atoms. The molecule has 0 aromatic heterocycles. The lowest BCUT2D eigenvalue weighted by molar-refractivity contribution is -0.206. The molecule has 0 atom stereocenters. The lowest BCUT2D eigenvalue weighted by Crippen LogP contribution is -2.27. The highest BCUT2D eigenvalue weighted by Gasteiger charge is 2.25. The number of hydrogen-bond acceptors (Lipinski definition) is 2. The van der Waals surface area contributed by atoms with Gasteiger partial charge >= 0.3 is 6.18 Å². The van der Waals surface area contributed by atoms with Crippen LogP contribution in [0.15, 0.2) is 42.5 Å². The van der Waals surface area contributed by atoms with E-state index in [0.29, 0.717) is 30.3 Å². The second-order valence-corrected chi connectivity index (χ2v) is 8.83. The fourth-order valence-electron chi connectivity index (χ4n) is 4.24. The summed E-state index contributed by atoms with van der Waals surface area (Å²) in [6.45, 7) is 3.38. The van der Waals surface area contributed by atoms with Crippen LogP contribution in [-0.4, -0.2) is 19.4 Å². The molecule has 3 aromatic carbocycles. The molecule has 3 aromatic rings. The predicted molar refractivity (Wildman–Crippen MR) is 124 cm³/mol. The molecule has 36 heavy (non-hydrogen) atoms. The molecule has 0 N–H and O–H groups in total. The van der Waals surface area contributed by atoms with Gasteiger partial charge in [0.2, 0.25) is 0 Å². The number of alkyl halides is 3. The van der Waals surface area contributed by atoms with Gasteiger partial charge in [-0.05, 0) is 41.1 Å². The molecule has 4 rings (SSSR count). The fourth-order valence-corrected chi connectivity index (χ4v) is 4.24. The van der Waals surface area contributed by atoms with Gasteiger partial charge in [0.25, 0.3) is 0 Å². The summed E-state index contributed by atoms with van der Waals surface area (Å²) < 4.78 is 92.6. The standard InChI is InChI=1S/C28H24F6O2/c1-2-3-4-5-17-15-35-27(36-16-17)19-8-6-18(7-9-19)20-12-21-14-23(29)22(10-11-28(32,33)34)26(31)25(21)24(30)13-20/h6-9,12-14,17,27H,2-5,15-16H2,1H3. The number of halogens is 6. The van der Waals surface area contributed by atoms with Crippen LogP contribution in [0.5, 0.6) is 0 Å². The highest BCUT2D eigenvalue weighted by Crippen LogP contribution is 2.33. The van der Waals surface area contributed by atoms with Crippen molar-refractivity contribution in [2.75, 3.05) is 13.2 Å². The third-order valence-electron chi connectivity index (χ3n) is 6.11. The molecule has 1 heterocycles. The maximum absolute atomic E-state index is 14.8. The first-order valence-corrected chi connectivity index (χ1v) is 11.7. The Morgan fingerprint density at radius 2 is 1.58 bits per heavy atom. The number of hydrogen-bond donors (Lipinski definition) is 0. The molecule has 2 nitrogen and oxygen atoms in total. The predicted octanol–water partition coefficient (Wildman–Crippen LogP) is 8.08. The molecule has 0 unspecified atom stereocenters. The third-order valence-corrected chi connectivity index (χ3v) is 6.11. The zero-order chi connectivity index (χ0) is 25.9. The largest absolute Gasteiger partial charge is 0.458 e. The van der Waals surface area contributed by atoms with E-state index >= 15 is 0 Å². The van der Waals surface area contributed by atoms with Gasteiger partial charge in [-0.1, -0.05) is 56.4 Å². The van der Waals surface area contributed by atoms with E-state index in [1.165, 1.54) is 18.4 Å². The Hall–Kier alpha value is -3.02. The molecule has 190 valence electrons. The summed E-state index contributed by atoms with van der Waals surface area (Å²) in [5.41, 5.74) is 0.586. The van der Waals surface area contributed by atoms with Gasteiger partial charge < -0.3 is 9.47 Å². The van der Waals surface area contributed by atoms with Crippen molar-refractivity contribution in [1.82, 2.24) is 0 Å². The minimum atomic E-state index is -4.94. The Balaban J connectivity index is 1.54. The number of ether oxygens (including phenoxy) is 2. The molecule has 1 aliphatic rings. The first-order chi connectivity index (χ1) is 17.2. The summed E-state index contributed by atoms with van der Waals surface area (Å²) in [7, 11) is 0. The monoisotopic (exact) mass is 506 g/mol. The van der Waals surface area contributed by atoms with Gasteiger partial charge in [-0.25, -0.2) is 13.2 Å². The van der Waals surface area contributed by atoms with Crippen molar-refractivity contribution < 1.29 is 35.8 Å². The summed E-state index contributed by atoms with van der Waals surface area (Å²) in [6.07, 6.45) is -0.896. The van der Waals surface area contributed by atoms with Gasteiger partial charge in [0.15, 0.2) is 12.1 Å². The average molecular weight is 506 g/mol. The second-order valence-electron chi connectivity index (χ2n) is 8.83. The van der Waals surface area contributed by atoms with Gasteiger partial charge in [-0.2, -0.15) is 13.2 Å². The van der Waals surface area contributed by atoms with Crippen molar-refractivity contribution in [3.05, 3.63) is 71.0 Å². The number of fused-ring (bicyclic) bond motifs is 1. The minimum Gasteiger partial charge on any atom is -0.348 e. The first-order valence-electron chi connectivity index (χ1n) is 11.7. The number of unbranched alkanes of at least 4 members (excludes halogenated alkanes) is 2. The highest BCUT2D eigenvalue weighted by molar-refractivity contribution is 5.89. The van der Waals surface area contributed by atoms with Crippen LogP contribution in [0.1, 0.15) is 50.0 Å². The van der Waals surface area contributed by atoms with Crippen LogP contribution in [0.3, 0.4) is 0 Å². The molecule has 0 amide bonds. The van der Waals surface area contributed by atoms with Crippen LogP contribution in [-0.2, 0) is 9.47 Å². The molecule has 1 fully saturated rings. The molecule has 8 heteroatoms. The van der Waals surface area contributed by atoms with Crippen LogP contribution < -0.4 is 0 Å². The van der Waals surface area contributed by atoms with Crippen LogP contribution in [0.4, 0.5) is 26.3 Å².